The van der Waals surface area contributed by atoms with Crippen LogP contribution in [0.15, 0.2) is 23.8 Å². The molecule has 0 atom stereocenters. The van der Waals surface area contributed by atoms with Crippen molar-refractivity contribution in [3.63, 3.8) is 0 Å². The molecule has 0 saturated carbocycles. The number of rotatable bonds is 10. The van der Waals surface area contributed by atoms with Crippen molar-refractivity contribution in [1.82, 2.24) is 4.90 Å². The first-order valence-corrected chi connectivity index (χ1v) is 8.02. The van der Waals surface area contributed by atoms with Gasteiger partial charge in [-0.1, -0.05) is 19.9 Å². The van der Waals surface area contributed by atoms with Gasteiger partial charge in [0, 0.05) is 6.54 Å². The third-order valence-electron chi connectivity index (χ3n) is 3.49. The molecule has 0 unspecified atom stereocenters. The third-order valence-corrected chi connectivity index (χ3v) is 3.49. The predicted octanol–water partition coefficient (Wildman–Crippen LogP) is 2.80. The molecule has 24 heavy (non-hydrogen) atoms. The summed E-state index contributed by atoms with van der Waals surface area (Å²) in [5.41, 5.74) is 0.251. The fraction of sp³-hybridized carbons (Fsp3) is 0.444. The Kier molecular flexibility index (Phi) is 8.37. The Balaban J connectivity index is 2.91. The minimum Gasteiger partial charge on any atom is -0.490 e. The largest absolute Gasteiger partial charge is 0.490 e. The van der Waals surface area contributed by atoms with Crippen LogP contribution in [0, 0.1) is 11.3 Å². The molecule has 1 N–H and O–H groups in total. The van der Waals surface area contributed by atoms with Crippen LogP contribution in [0.5, 0.6) is 11.5 Å². The molecule has 0 saturated heterocycles. The number of nitriles is 1. The molecule has 0 aliphatic heterocycles. The highest BCUT2D eigenvalue weighted by atomic mass is 16.5. The quantitative estimate of drug-likeness (QED) is 0.524. The van der Waals surface area contributed by atoms with Gasteiger partial charge in [-0.25, -0.2) is 4.79 Å². The highest BCUT2D eigenvalue weighted by molar-refractivity contribution is 5.96. The summed E-state index contributed by atoms with van der Waals surface area (Å²) in [7, 11) is 0. The molecule has 130 valence electrons. The van der Waals surface area contributed by atoms with Crippen molar-refractivity contribution in [2.75, 3.05) is 32.8 Å². The van der Waals surface area contributed by atoms with Crippen molar-refractivity contribution < 1.29 is 19.4 Å². The number of benzene rings is 1. The fourth-order valence-corrected chi connectivity index (χ4v) is 2.14. The molecule has 0 fully saturated rings. The summed E-state index contributed by atoms with van der Waals surface area (Å²) in [5, 5.41) is 17.8. The zero-order valence-corrected chi connectivity index (χ0v) is 14.4. The lowest BCUT2D eigenvalue weighted by Gasteiger charge is -2.19. The van der Waals surface area contributed by atoms with Gasteiger partial charge < -0.3 is 19.5 Å². The van der Waals surface area contributed by atoms with Crippen LogP contribution < -0.4 is 9.47 Å². The van der Waals surface area contributed by atoms with Gasteiger partial charge in [-0.3, -0.25) is 0 Å². The first-order chi connectivity index (χ1) is 11.5. The number of ether oxygens (including phenoxy) is 2. The summed E-state index contributed by atoms with van der Waals surface area (Å²) in [6.07, 6.45) is 1.31. The second-order valence-corrected chi connectivity index (χ2v) is 4.99. The predicted molar refractivity (Wildman–Crippen MR) is 92.1 cm³/mol. The maximum atomic E-state index is 10.9. The van der Waals surface area contributed by atoms with Gasteiger partial charge in [-0.15, -0.1) is 0 Å². The number of hydrogen-bond acceptors (Lipinski definition) is 5. The van der Waals surface area contributed by atoms with Crippen LogP contribution in [0.1, 0.15) is 26.3 Å². The molecule has 0 aliphatic carbocycles. The van der Waals surface area contributed by atoms with Gasteiger partial charge in [0.15, 0.2) is 11.5 Å². The Morgan fingerprint density at radius 1 is 1.25 bits per heavy atom. The van der Waals surface area contributed by atoms with Crippen molar-refractivity contribution in [2.24, 2.45) is 0 Å². The molecule has 0 heterocycles. The Morgan fingerprint density at radius 2 is 1.96 bits per heavy atom. The summed E-state index contributed by atoms with van der Waals surface area (Å²) in [4.78, 5) is 13.2. The monoisotopic (exact) mass is 332 g/mol. The SMILES string of the molecule is CCOc1cc(C=C(C#N)C(=O)O)ccc1OCCN(CC)CC. The number of likely N-dealkylation sites (N-methyl/N-ethyl adjacent to an activating group) is 1. The Morgan fingerprint density at radius 3 is 2.50 bits per heavy atom. The second-order valence-electron chi connectivity index (χ2n) is 4.99. The Bertz CT molecular complexity index is 616. The summed E-state index contributed by atoms with van der Waals surface area (Å²) in [6, 6.07) is 6.77. The van der Waals surface area contributed by atoms with Crippen LogP contribution in [-0.2, 0) is 4.79 Å². The van der Waals surface area contributed by atoms with E-state index < -0.39 is 5.97 Å². The van der Waals surface area contributed by atoms with Crippen molar-refractivity contribution >= 4 is 12.0 Å². The van der Waals surface area contributed by atoms with Gasteiger partial charge in [-0.05, 0) is 43.8 Å². The molecule has 1 aromatic rings. The van der Waals surface area contributed by atoms with Crippen LogP contribution in [-0.4, -0.2) is 48.8 Å². The van der Waals surface area contributed by atoms with Crippen molar-refractivity contribution in [2.45, 2.75) is 20.8 Å². The average Bonchev–Trinajstić information content (AvgIpc) is 2.58. The molecule has 0 bridgehead atoms. The van der Waals surface area contributed by atoms with Gasteiger partial charge in [0.1, 0.15) is 18.2 Å². The molecule has 1 rings (SSSR count). The van der Waals surface area contributed by atoms with E-state index >= 15 is 0 Å². The van der Waals surface area contributed by atoms with Gasteiger partial charge in [-0.2, -0.15) is 5.26 Å². The smallest absolute Gasteiger partial charge is 0.346 e. The Hall–Kier alpha value is -2.52. The number of aliphatic carboxylic acids is 1. The van der Waals surface area contributed by atoms with E-state index in [9.17, 15) is 4.79 Å². The number of carboxylic acids is 1. The molecule has 0 amide bonds. The molecule has 1 aromatic carbocycles. The summed E-state index contributed by atoms with van der Waals surface area (Å²) in [6.45, 7) is 9.82. The number of hydrogen-bond donors (Lipinski definition) is 1. The third kappa shape index (κ3) is 5.94. The molecule has 6 nitrogen and oxygen atoms in total. The summed E-state index contributed by atoms with van der Waals surface area (Å²) < 4.78 is 11.4. The van der Waals surface area contributed by atoms with E-state index in [0.29, 0.717) is 30.3 Å². The van der Waals surface area contributed by atoms with E-state index in [1.54, 1.807) is 24.3 Å². The summed E-state index contributed by atoms with van der Waals surface area (Å²) in [5.74, 6) is -0.113. The van der Waals surface area contributed by atoms with Gasteiger partial charge in [0.25, 0.3) is 0 Å². The molecule has 0 aliphatic rings. The van der Waals surface area contributed by atoms with E-state index in [1.165, 1.54) is 6.08 Å². The fourth-order valence-electron chi connectivity index (χ4n) is 2.14. The van der Waals surface area contributed by atoms with Crippen molar-refractivity contribution in [3.05, 3.63) is 29.3 Å². The number of nitrogens with zero attached hydrogens (tertiary/aromatic N) is 2. The summed E-state index contributed by atoms with van der Waals surface area (Å²) >= 11 is 0. The number of carboxylic acid groups (broad SMARTS) is 1. The lowest BCUT2D eigenvalue weighted by molar-refractivity contribution is -0.132. The lowest BCUT2D eigenvalue weighted by atomic mass is 10.1. The van der Waals surface area contributed by atoms with Crippen LogP contribution in [0.3, 0.4) is 0 Å². The second kappa shape index (κ2) is 10.3. The van der Waals surface area contributed by atoms with Crippen molar-refractivity contribution in [1.29, 1.82) is 5.26 Å². The van der Waals surface area contributed by atoms with Crippen LogP contribution >= 0.6 is 0 Å². The molecule has 0 radical (unpaired) electrons. The normalized spacial score (nSPS) is 11.2. The zero-order chi connectivity index (χ0) is 17.9. The van der Waals surface area contributed by atoms with Gasteiger partial charge in [0.05, 0.1) is 6.61 Å². The van der Waals surface area contributed by atoms with Gasteiger partial charge in [0.2, 0.25) is 0 Å². The van der Waals surface area contributed by atoms with Crippen LogP contribution in [0.4, 0.5) is 0 Å². The topological polar surface area (TPSA) is 82.8 Å². The molecule has 6 heteroatoms. The molecule has 0 spiro atoms. The maximum absolute atomic E-state index is 10.9. The van der Waals surface area contributed by atoms with Gasteiger partial charge >= 0.3 is 5.97 Å². The average molecular weight is 332 g/mol. The van der Waals surface area contributed by atoms with E-state index in [0.717, 1.165) is 19.6 Å². The molecular formula is C18H24N2O4. The van der Waals surface area contributed by atoms with E-state index in [2.05, 4.69) is 18.7 Å². The highest BCUT2D eigenvalue weighted by Gasteiger charge is 2.10. The van der Waals surface area contributed by atoms with Crippen molar-refractivity contribution in [3.8, 4) is 17.6 Å². The van der Waals surface area contributed by atoms with E-state index in [-0.39, 0.29) is 5.57 Å². The Labute approximate surface area is 142 Å². The standard InChI is InChI=1S/C18H24N2O4/c1-4-20(5-2)9-10-24-16-8-7-14(12-17(16)23-6-3)11-15(13-19)18(21)22/h7-8,11-12H,4-6,9-10H2,1-3H3,(H,21,22). The lowest BCUT2D eigenvalue weighted by Crippen LogP contribution is -2.27. The zero-order valence-electron chi connectivity index (χ0n) is 14.4. The molecule has 0 aromatic heterocycles. The highest BCUT2D eigenvalue weighted by Crippen LogP contribution is 2.29. The first-order valence-electron chi connectivity index (χ1n) is 8.02. The minimum atomic E-state index is -1.25. The van der Waals surface area contributed by atoms with E-state index in [4.69, 9.17) is 19.8 Å². The minimum absolute atomic E-state index is 0.326. The van der Waals surface area contributed by atoms with E-state index in [1.807, 2.05) is 6.92 Å². The van der Waals surface area contributed by atoms with Crippen LogP contribution in [0.25, 0.3) is 6.08 Å². The maximum Gasteiger partial charge on any atom is 0.346 e. The van der Waals surface area contributed by atoms with Crippen LogP contribution in [0.2, 0.25) is 0 Å². The molecular weight excluding hydrogens is 308 g/mol. The number of carbonyl (C=O) groups is 1. The first kappa shape index (κ1) is 19.5.